The number of amides is 1. The number of rotatable bonds is 9. The van der Waals surface area contributed by atoms with Crippen molar-refractivity contribution >= 4 is 23.2 Å². The average molecular weight is 455 g/mol. The van der Waals surface area contributed by atoms with E-state index in [2.05, 4.69) is 38.4 Å². The first kappa shape index (κ1) is 23.3. The highest BCUT2D eigenvalue weighted by molar-refractivity contribution is 6.03. The number of likely N-dealkylation sites (tertiary alicyclic amines) is 1. The van der Waals surface area contributed by atoms with E-state index in [1.54, 1.807) is 0 Å². The third-order valence-electron chi connectivity index (χ3n) is 6.04. The second-order valence-corrected chi connectivity index (χ2v) is 8.71. The third kappa shape index (κ3) is 6.33. The fourth-order valence-electron chi connectivity index (χ4n) is 4.24. The van der Waals surface area contributed by atoms with Gasteiger partial charge < -0.3 is 25.4 Å². The maximum Gasteiger partial charge on any atom is 0.320 e. The number of nitrogen functional groups attached to an aromatic ring is 1. The van der Waals surface area contributed by atoms with Crippen molar-refractivity contribution in [2.45, 2.75) is 26.2 Å². The molecule has 1 amide bonds. The number of carbonyl (C=O) groups is 1. The molecule has 2 fully saturated rings. The van der Waals surface area contributed by atoms with Crippen molar-refractivity contribution in [1.29, 1.82) is 0 Å². The molecule has 9 nitrogen and oxygen atoms in total. The van der Waals surface area contributed by atoms with Crippen LogP contribution in [0.4, 0.5) is 17.3 Å². The van der Waals surface area contributed by atoms with Gasteiger partial charge in [-0.05, 0) is 44.8 Å². The quantitative estimate of drug-likeness (QED) is 0.548. The lowest BCUT2D eigenvalue weighted by atomic mass is 10.1. The molecule has 3 N–H and O–H groups in total. The molecule has 3 aliphatic heterocycles. The van der Waals surface area contributed by atoms with E-state index in [0.717, 1.165) is 38.2 Å². The molecule has 0 radical (unpaired) electrons. The molecule has 0 aliphatic carbocycles. The van der Waals surface area contributed by atoms with Crippen LogP contribution >= 0.6 is 0 Å². The number of nitrogens with zero attached hydrogens (tertiary/aromatic N) is 4. The van der Waals surface area contributed by atoms with Gasteiger partial charge in [0.05, 0.1) is 19.8 Å². The van der Waals surface area contributed by atoms with E-state index >= 15 is 0 Å². The summed E-state index contributed by atoms with van der Waals surface area (Å²) in [5.41, 5.74) is 7.69. The maximum absolute atomic E-state index is 12.4. The lowest BCUT2D eigenvalue weighted by Crippen LogP contribution is -2.40. The van der Waals surface area contributed by atoms with E-state index < -0.39 is 0 Å². The highest BCUT2D eigenvalue weighted by Crippen LogP contribution is 2.34. The number of hydrogen-bond donors (Lipinski definition) is 2. The summed E-state index contributed by atoms with van der Waals surface area (Å²) in [5, 5.41) is 2.81. The largest absolute Gasteiger partial charge is 0.463 e. The Labute approximate surface area is 195 Å². The summed E-state index contributed by atoms with van der Waals surface area (Å²) < 4.78 is 11.2. The van der Waals surface area contributed by atoms with Crippen LogP contribution < -0.4 is 20.7 Å². The SMILES string of the molecule is C\C=C/C=C(\C=C\CN1CCCC1)CN1CC(=O)Nc2c(N)nc(OCC3CCOC3)nc21. The number of fused-ring (bicyclic) bond motifs is 1. The number of hydrogen-bond acceptors (Lipinski definition) is 8. The molecule has 1 aromatic rings. The van der Waals surface area contributed by atoms with Crippen molar-refractivity contribution in [3.05, 3.63) is 36.0 Å². The van der Waals surface area contributed by atoms with Crippen molar-refractivity contribution in [3.8, 4) is 6.01 Å². The molecule has 1 atom stereocenters. The van der Waals surface area contributed by atoms with Gasteiger partial charge in [0.1, 0.15) is 5.69 Å². The standard InChI is InChI=1S/C24H34N6O3/c1-2-3-7-18(8-6-12-29-10-4-5-11-29)14-30-15-20(31)26-21-22(25)27-24(28-23(21)30)33-17-19-9-13-32-16-19/h2-3,6-8,19H,4-5,9-17H2,1H3,(H,26,31)(H2,25,27,28)/b3-2-,8-6+,18-7+. The van der Waals surface area contributed by atoms with Gasteiger partial charge >= 0.3 is 6.01 Å². The molecule has 3 aliphatic rings. The highest BCUT2D eigenvalue weighted by Gasteiger charge is 2.28. The molecule has 1 aromatic heterocycles. The van der Waals surface area contributed by atoms with E-state index in [1.807, 2.05) is 24.0 Å². The first-order valence-corrected chi connectivity index (χ1v) is 11.8. The summed E-state index contributed by atoms with van der Waals surface area (Å²) in [7, 11) is 0. The number of carbonyl (C=O) groups excluding carboxylic acids is 1. The second-order valence-electron chi connectivity index (χ2n) is 8.71. The maximum atomic E-state index is 12.4. The van der Waals surface area contributed by atoms with Crippen LogP contribution in [0.2, 0.25) is 0 Å². The van der Waals surface area contributed by atoms with Crippen LogP contribution in [0.25, 0.3) is 0 Å². The summed E-state index contributed by atoms with van der Waals surface area (Å²) in [5.74, 6) is 0.983. The Morgan fingerprint density at radius 2 is 2.18 bits per heavy atom. The van der Waals surface area contributed by atoms with Gasteiger partial charge in [0.2, 0.25) is 5.91 Å². The van der Waals surface area contributed by atoms with Crippen LogP contribution in [0.5, 0.6) is 6.01 Å². The molecule has 4 rings (SSSR count). The molecule has 33 heavy (non-hydrogen) atoms. The zero-order chi connectivity index (χ0) is 23.0. The molecular weight excluding hydrogens is 420 g/mol. The predicted octanol–water partition coefficient (Wildman–Crippen LogP) is 2.39. The minimum Gasteiger partial charge on any atom is -0.463 e. The van der Waals surface area contributed by atoms with Gasteiger partial charge in [0.15, 0.2) is 11.6 Å². The summed E-state index contributed by atoms with van der Waals surface area (Å²) in [6.07, 6.45) is 13.9. The predicted molar refractivity (Wildman–Crippen MR) is 129 cm³/mol. The van der Waals surface area contributed by atoms with Crippen LogP contribution in [-0.4, -0.2) is 73.3 Å². The smallest absolute Gasteiger partial charge is 0.320 e. The highest BCUT2D eigenvalue weighted by atomic mass is 16.5. The Hall–Kier alpha value is -2.91. The minimum atomic E-state index is -0.138. The molecule has 4 heterocycles. The van der Waals surface area contributed by atoms with Crippen molar-refractivity contribution < 1.29 is 14.3 Å². The van der Waals surface area contributed by atoms with E-state index in [-0.39, 0.29) is 24.3 Å². The number of nitrogens with two attached hydrogens (primary N) is 1. The van der Waals surface area contributed by atoms with Crippen molar-refractivity contribution in [2.75, 3.05) is 68.5 Å². The van der Waals surface area contributed by atoms with Crippen molar-refractivity contribution in [2.24, 2.45) is 5.92 Å². The van der Waals surface area contributed by atoms with Crippen LogP contribution in [0.1, 0.15) is 26.2 Å². The first-order chi connectivity index (χ1) is 16.1. The Kier molecular flexibility index (Phi) is 7.96. The topological polar surface area (TPSA) is 106 Å². The van der Waals surface area contributed by atoms with Crippen molar-refractivity contribution in [3.63, 3.8) is 0 Å². The lowest BCUT2D eigenvalue weighted by Gasteiger charge is -2.30. The fourth-order valence-corrected chi connectivity index (χ4v) is 4.24. The van der Waals surface area contributed by atoms with E-state index in [9.17, 15) is 4.79 Å². The molecule has 0 saturated carbocycles. The summed E-state index contributed by atoms with van der Waals surface area (Å²) in [6, 6.07) is 0.225. The monoisotopic (exact) mass is 454 g/mol. The second kappa shape index (κ2) is 11.3. The number of nitrogens with one attached hydrogen (secondary N) is 1. The lowest BCUT2D eigenvalue weighted by molar-refractivity contribution is -0.115. The first-order valence-electron chi connectivity index (χ1n) is 11.8. The van der Waals surface area contributed by atoms with Crippen molar-refractivity contribution in [1.82, 2.24) is 14.9 Å². The average Bonchev–Trinajstić information content (AvgIpc) is 3.51. The van der Waals surface area contributed by atoms with E-state index in [0.29, 0.717) is 37.2 Å². The number of aromatic nitrogens is 2. The summed E-state index contributed by atoms with van der Waals surface area (Å²) in [4.78, 5) is 25.6. The molecule has 0 bridgehead atoms. The fraction of sp³-hybridized carbons (Fsp3) is 0.542. The van der Waals surface area contributed by atoms with Gasteiger partial charge in [-0.25, -0.2) is 0 Å². The van der Waals surface area contributed by atoms with Gasteiger partial charge in [-0.3, -0.25) is 9.69 Å². The zero-order valence-corrected chi connectivity index (χ0v) is 19.3. The van der Waals surface area contributed by atoms with Crippen LogP contribution in [0, 0.1) is 5.92 Å². The van der Waals surface area contributed by atoms with Gasteiger partial charge in [-0.1, -0.05) is 30.4 Å². The van der Waals surface area contributed by atoms with Crippen LogP contribution in [-0.2, 0) is 9.53 Å². The van der Waals surface area contributed by atoms with Crippen LogP contribution in [0.3, 0.4) is 0 Å². The van der Waals surface area contributed by atoms with Gasteiger partial charge in [-0.15, -0.1) is 0 Å². The summed E-state index contributed by atoms with van der Waals surface area (Å²) >= 11 is 0. The molecular formula is C24H34N6O3. The number of anilines is 3. The minimum absolute atomic E-state index is 0.138. The summed E-state index contributed by atoms with van der Waals surface area (Å²) in [6.45, 7) is 7.87. The normalized spacial score (nSPS) is 21.8. The third-order valence-corrected chi connectivity index (χ3v) is 6.04. The molecule has 0 spiro atoms. The number of ether oxygens (including phenoxy) is 2. The van der Waals surface area contributed by atoms with Gasteiger partial charge in [0.25, 0.3) is 0 Å². The molecule has 1 unspecified atom stereocenters. The Morgan fingerprint density at radius 1 is 1.33 bits per heavy atom. The Morgan fingerprint density at radius 3 is 2.94 bits per heavy atom. The molecule has 178 valence electrons. The van der Waals surface area contributed by atoms with Gasteiger partial charge in [-0.2, -0.15) is 9.97 Å². The van der Waals surface area contributed by atoms with Gasteiger partial charge in [0, 0.05) is 25.6 Å². The molecule has 0 aromatic carbocycles. The zero-order valence-electron chi connectivity index (χ0n) is 19.3. The molecule has 9 heteroatoms. The van der Waals surface area contributed by atoms with Crippen LogP contribution in [0.15, 0.2) is 36.0 Å². The molecule has 2 saturated heterocycles. The Bertz CT molecular complexity index is 917. The Balaban J connectivity index is 1.50. The number of allylic oxidation sites excluding steroid dienone is 3. The van der Waals surface area contributed by atoms with E-state index in [4.69, 9.17) is 15.2 Å². The van der Waals surface area contributed by atoms with E-state index in [1.165, 1.54) is 12.8 Å².